The largest absolute Gasteiger partial charge is 0.475 e. The SMILES string of the molecule is COC(=O)[C@H]1CCCN1c1ccc2nc(OC(C)C)cc(C(F)(F)F)c2c1. The number of carbonyl (C=O) groups is 1. The Morgan fingerprint density at radius 2 is 2.04 bits per heavy atom. The van der Waals surface area contributed by atoms with Crippen LogP contribution in [-0.2, 0) is 15.7 Å². The molecule has 146 valence electrons. The van der Waals surface area contributed by atoms with Gasteiger partial charge in [-0.15, -0.1) is 0 Å². The van der Waals surface area contributed by atoms with Crippen LogP contribution in [0.3, 0.4) is 0 Å². The maximum absolute atomic E-state index is 13.6. The average molecular weight is 382 g/mol. The van der Waals surface area contributed by atoms with Crippen LogP contribution in [0.1, 0.15) is 32.3 Å². The van der Waals surface area contributed by atoms with Gasteiger partial charge in [0.2, 0.25) is 5.88 Å². The van der Waals surface area contributed by atoms with Crippen molar-refractivity contribution in [1.29, 1.82) is 0 Å². The van der Waals surface area contributed by atoms with E-state index < -0.39 is 17.8 Å². The molecule has 1 saturated heterocycles. The summed E-state index contributed by atoms with van der Waals surface area (Å²) >= 11 is 0. The summed E-state index contributed by atoms with van der Waals surface area (Å²) in [5.41, 5.74) is -0.0721. The van der Waals surface area contributed by atoms with Gasteiger partial charge in [0.25, 0.3) is 0 Å². The molecule has 0 N–H and O–H groups in total. The molecule has 0 radical (unpaired) electrons. The fourth-order valence-corrected chi connectivity index (χ4v) is 3.36. The number of aromatic nitrogens is 1. The van der Waals surface area contributed by atoms with Gasteiger partial charge in [-0.3, -0.25) is 0 Å². The lowest BCUT2D eigenvalue weighted by atomic mass is 10.1. The summed E-state index contributed by atoms with van der Waals surface area (Å²) in [7, 11) is 1.31. The molecule has 0 saturated carbocycles. The molecule has 1 aromatic heterocycles. The minimum atomic E-state index is -4.55. The smallest absolute Gasteiger partial charge is 0.417 e. The molecule has 2 heterocycles. The van der Waals surface area contributed by atoms with Crippen molar-refractivity contribution in [3.05, 3.63) is 29.8 Å². The number of methoxy groups -OCH3 is 1. The third kappa shape index (κ3) is 3.94. The van der Waals surface area contributed by atoms with Crippen LogP contribution < -0.4 is 9.64 Å². The summed E-state index contributed by atoms with van der Waals surface area (Å²) in [6.45, 7) is 4.03. The van der Waals surface area contributed by atoms with Gasteiger partial charge >= 0.3 is 12.1 Å². The molecule has 1 aliphatic heterocycles. The quantitative estimate of drug-likeness (QED) is 0.743. The van der Waals surface area contributed by atoms with Crippen molar-refractivity contribution in [2.45, 2.75) is 45.0 Å². The lowest BCUT2D eigenvalue weighted by molar-refractivity contribution is -0.142. The monoisotopic (exact) mass is 382 g/mol. The maximum atomic E-state index is 13.6. The van der Waals surface area contributed by atoms with Gasteiger partial charge in [-0.2, -0.15) is 13.2 Å². The lowest BCUT2D eigenvalue weighted by Crippen LogP contribution is -2.36. The highest BCUT2D eigenvalue weighted by Gasteiger charge is 2.35. The predicted octanol–water partition coefficient (Wildman–Crippen LogP) is 4.18. The minimum Gasteiger partial charge on any atom is -0.475 e. The molecule has 2 aromatic rings. The molecule has 1 atom stereocenters. The van der Waals surface area contributed by atoms with Gasteiger partial charge in [0.15, 0.2) is 0 Å². The third-order valence-electron chi connectivity index (χ3n) is 4.49. The Hall–Kier alpha value is -2.51. The number of pyridine rings is 1. The number of halogens is 3. The Kier molecular flexibility index (Phi) is 5.17. The van der Waals surface area contributed by atoms with Crippen molar-refractivity contribution in [3.63, 3.8) is 0 Å². The molecule has 5 nitrogen and oxygen atoms in total. The van der Waals surface area contributed by atoms with E-state index in [1.807, 2.05) is 0 Å². The van der Waals surface area contributed by atoms with Gasteiger partial charge in [0.1, 0.15) is 6.04 Å². The Balaban J connectivity index is 2.10. The zero-order chi connectivity index (χ0) is 19.8. The number of hydrogen-bond donors (Lipinski definition) is 0. The summed E-state index contributed by atoms with van der Waals surface area (Å²) in [6.07, 6.45) is -3.47. The van der Waals surface area contributed by atoms with E-state index in [4.69, 9.17) is 9.47 Å². The van der Waals surface area contributed by atoms with E-state index in [9.17, 15) is 18.0 Å². The van der Waals surface area contributed by atoms with Crippen LogP contribution in [0.25, 0.3) is 10.9 Å². The fourth-order valence-electron chi connectivity index (χ4n) is 3.36. The number of rotatable bonds is 4. The second-order valence-electron chi connectivity index (χ2n) is 6.75. The molecule has 0 bridgehead atoms. The molecule has 0 amide bonds. The molecule has 0 unspecified atom stereocenters. The van der Waals surface area contributed by atoms with Crippen molar-refractivity contribution < 1.29 is 27.4 Å². The Bertz CT molecular complexity index is 852. The number of hydrogen-bond acceptors (Lipinski definition) is 5. The molecule has 27 heavy (non-hydrogen) atoms. The van der Waals surface area contributed by atoms with Crippen molar-refractivity contribution in [1.82, 2.24) is 4.98 Å². The molecular formula is C19H21F3N2O3. The molecule has 1 aromatic carbocycles. The fraction of sp³-hybridized carbons (Fsp3) is 0.474. The maximum Gasteiger partial charge on any atom is 0.417 e. The standard InChI is InChI=1S/C19H21F3N2O3/c1-11(2)27-17-10-14(19(20,21)22)13-9-12(6-7-15(13)23-17)24-8-4-5-16(24)18(25)26-3/h6-7,9-11,16H,4-5,8H2,1-3H3/t16-/m1/s1. The molecule has 3 rings (SSSR count). The first-order valence-electron chi connectivity index (χ1n) is 8.74. The van der Waals surface area contributed by atoms with Crippen LogP contribution in [0, 0.1) is 0 Å². The third-order valence-corrected chi connectivity index (χ3v) is 4.49. The van der Waals surface area contributed by atoms with Gasteiger partial charge in [-0.1, -0.05) is 0 Å². The van der Waals surface area contributed by atoms with Crippen molar-refractivity contribution in [2.24, 2.45) is 0 Å². The van der Waals surface area contributed by atoms with Crippen LogP contribution in [0.2, 0.25) is 0 Å². The van der Waals surface area contributed by atoms with E-state index in [1.54, 1.807) is 24.8 Å². The van der Waals surface area contributed by atoms with Crippen molar-refractivity contribution in [2.75, 3.05) is 18.6 Å². The lowest BCUT2D eigenvalue weighted by Gasteiger charge is -2.25. The summed E-state index contributed by atoms with van der Waals surface area (Å²) in [4.78, 5) is 17.9. The molecule has 0 aliphatic carbocycles. The van der Waals surface area contributed by atoms with Gasteiger partial charge in [-0.25, -0.2) is 9.78 Å². The van der Waals surface area contributed by atoms with Gasteiger partial charge in [-0.05, 0) is 44.9 Å². The number of esters is 1. The topological polar surface area (TPSA) is 51.7 Å². The van der Waals surface area contributed by atoms with Crippen LogP contribution >= 0.6 is 0 Å². The number of ether oxygens (including phenoxy) is 2. The molecule has 8 heteroatoms. The van der Waals surface area contributed by atoms with Gasteiger partial charge in [0, 0.05) is 23.7 Å². The highest BCUT2D eigenvalue weighted by atomic mass is 19.4. The number of nitrogens with zero attached hydrogens (tertiary/aromatic N) is 2. The highest BCUT2D eigenvalue weighted by molar-refractivity contribution is 5.88. The first-order valence-corrected chi connectivity index (χ1v) is 8.74. The zero-order valence-corrected chi connectivity index (χ0v) is 15.3. The second-order valence-corrected chi connectivity index (χ2v) is 6.75. The summed E-state index contributed by atoms with van der Waals surface area (Å²) < 4.78 is 51.1. The summed E-state index contributed by atoms with van der Waals surface area (Å²) in [5, 5.41) is -0.0216. The van der Waals surface area contributed by atoms with E-state index in [-0.39, 0.29) is 28.9 Å². The number of carbonyl (C=O) groups excluding carboxylic acids is 1. The van der Waals surface area contributed by atoms with Gasteiger partial charge < -0.3 is 14.4 Å². The Labute approximate surface area is 155 Å². The van der Waals surface area contributed by atoms with Crippen molar-refractivity contribution in [3.8, 4) is 5.88 Å². The van der Waals surface area contributed by atoms with E-state index in [0.29, 0.717) is 18.7 Å². The van der Waals surface area contributed by atoms with E-state index in [0.717, 1.165) is 12.5 Å². The predicted molar refractivity (Wildman–Crippen MR) is 94.9 cm³/mol. The Morgan fingerprint density at radius 1 is 1.30 bits per heavy atom. The summed E-state index contributed by atoms with van der Waals surface area (Å²) in [5.74, 6) is -0.450. The van der Waals surface area contributed by atoms with E-state index in [2.05, 4.69) is 4.98 Å². The first-order chi connectivity index (χ1) is 12.7. The van der Waals surface area contributed by atoms with Crippen LogP contribution in [0.4, 0.5) is 18.9 Å². The van der Waals surface area contributed by atoms with Crippen molar-refractivity contribution >= 4 is 22.6 Å². The normalized spacial score (nSPS) is 17.6. The van der Waals surface area contributed by atoms with Gasteiger partial charge in [0.05, 0.1) is 24.3 Å². The van der Waals surface area contributed by atoms with Crippen LogP contribution in [-0.4, -0.2) is 36.8 Å². The molecule has 1 aliphatic rings. The van der Waals surface area contributed by atoms with Crippen LogP contribution in [0.5, 0.6) is 5.88 Å². The average Bonchev–Trinajstić information content (AvgIpc) is 3.08. The number of fused-ring (bicyclic) bond motifs is 1. The zero-order valence-electron chi connectivity index (χ0n) is 15.3. The Morgan fingerprint density at radius 3 is 2.67 bits per heavy atom. The summed E-state index contributed by atoms with van der Waals surface area (Å²) in [6, 6.07) is 5.08. The van der Waals surface area contributed by atoms with Crippen LogP contribution in [0.15, 0.2) is 24.3 Å². The molecular weight excluding hydrogens is 361 g/mol. The molecule has 0 spiro atoms. The first kappa shape index (κ1) is 19.3. The number of benzene rings is 1. The number of alkyl halides is 3. The van der Waals surface area contributed by atoms with E-state index in [1.165, 1.54) is 19.2 Å². The molecule has 1 fully saturated rings. The highest BCUT2D eigenvalue weighted by Crippen LogP contribution is 2.38. The van der Waals surface area contributed by atoms with E-state index >= 15 is 0 Å². The second kappa shape index (κ2) is 7.25. The minimum absolute atomic E-state index is 0.0216. The number of anilines is 1.